The van der Waals surface area contributed by atoms with Crippen LogP contribution >= 0.6 is 0 Å². The summed E-state index contributed by atoms with van der Waals surface area (Å²) in [5.41, 5.74) is 7.29. The van der Waals surface area contributed by atoms with Gasteiger partial charge in [-0.05, 0) is 25.1 Å². The van der Waals surface area contributed by atoms with E-state index in [1.807, 2.05) is 6.92 Å². The van der Waals surface area contributed by atoms with Gasteiger partial charge in [0, 0.05) is 18.1 Å². The maximum Gasteiger partial charge on any atom is 0.346 e. The van der Waals surface area contributed by atoms with Gasteiger partial charge in [-0.1, -0.05) is 0 Å². The van der Waals surface area contributed by atoms with Gasteiger partial charge in [0.05, 0.1) is 17.2 Å². The number of aromatic nitrogens is 1. The molecule has 0 amide bonds. The van der Waals surface area contributed by atoms with Crippen molar-refractivity contribution >= 4 is 28.2 Å². The van der Waals surface area contributed by atoms with Crippen LogP contribution in [0.2, 0.25) is 0 Å². The molecule has 3 N–H and O–H groups in total. The van der Waals surface area contributed by atoms with Crippen LogP contribution in [0.5, 0.6) is 0 Å². The summed E-state index contributed by atoms with van der Waals surface area (Å²) in [6, 6.07) is 5.19. The SMILES string of the molecule is CC1COC(=O)c2c(c3cc(N)ccc3n(C)c2=O)N1. The molecule has 1 unspecified atom stereocenters. The van der Waals surface area contributed by atoms with E-state index in [0.29, 0.717) is 11.4 Å². The number of hydrogen-bond acceptors (Lipinski definition) is 5. The zero-order valence-corrected chi connectivity index (χ0v) is 11.3. The minimum Gasteiger partial charge on any atom is -0.460 e. The maximum atomic E-state index is 12.4. The second kappa shape index (κ2) is 4.26. The summed E-state index contributed by atoms with van der Waals surface area (Å²) in [6.07, 6.45) is 0. The van der Waals surface area contributed by atoms with E-state index in [-0.39, 0.29) is 23.8 Å². The lowest BCUT2D eigenvalue weighted by molar-refractivity contribution is 0.0503. The van der Waals surface area contributed by atoms with Gasteiger partial charge in [-0.25, -0.2) is 4.79 Å². The number of ether oxygens (including phenoxy) is 1. The molecule has 1 aromatic heterocycles. The highest BCUT2D eigenvalue weighted by Crippen LogP contribution is 2.29. The summed E-state index contributed by atoms with van der Waals surface area (Å²) < 4.78 is 6.55. The lowest BCUT2D eigenvalue weighted by atomic mass is 10.1. The fourth-order valence-electron chi connectivity index (χ4n) is 2.47. The summed E-state index contributed by atoms with van der Waals surface area (Å²) in [5, 5.41) is 3.92. The Kier molecular flexibility index (Phi) is 2.67. The van der Waals surface area contributed by atoms with Crippen LogP contribution in [0, 0.1) is 0 Å². The average Bonchev–Trinajstić information content (AvgIpc) is 2.56. The second-order valence-electron chi connectivity index (χ2n) is 5.03. The van der Waals surface area contributed by atoms with Crippen molar-refractivity contribution in [3.05, 3.63) is 34.1 Å². The van der Waals surface area contributed by atoms with Gasteiger partial charge in [0.15, 0.2) is 0 Å². The number of carbonyl (C=O) groups excluding carboxylic acids is 1. The number of anilines is 2. The van der Waals surface area contributed by atoms with Crippen LogP contribution in [-0.2, 0) is 11.8 Å². The van der Waals surface area contributed by atoms with Crippen molar-refractivity contribution in [1.82, 2.24) is 4.57 Å². The van der Waals surface area contributed by atoms with Crippen LogP contribution < -0.4 is 16.6 Å². The van der Waals surface area contributed by atoms with Crippen LogP contribution in [0.25, 0.3) is 10.9 Å². The van der Waals surface area contributed by atoms with E-state index in [1.165, 1.54) is 4.57 Å². The van der Waals surface area contributed by atoms with E-state index in [0.717, 1.165) is 10.9 Å². The normalized spacial score (nSPS) is 18.1. The minimum absolute atomic E-state index is 0.0370. The number of cyclic esters (lactones) is 1. The molecule has 0 bridgehead atoms. The average molecular weight is 273 g/mol. The zero-order chi connectivity index (χ0) is 14.4. The fraction of sp³-hybridized carbons (Fsp3) is 0.286. The highest BCUT2D eigenvalue weighted by Gasteiger charge is 2.27. The summed E-state index contributed by atoms with van der Waals surface area (Å²) in [6.45, 7) is 2.11. The Bertz CT molecular complexity index is 779. The third kappa shape index (κ3) is 1.72. The number of rotatable bonds is 0. The Morgan fingerprint density at radius 1 is 1.40 bits per heavy atom. The summed E-state index contributed by atoms with van der Waals surface area (Å²) >= 11 is 0. The van der Waals surface area contributed by atoms with Gasteiger partial charge in [0.25, 0.3) is 5.56 Å². The number of aryl methyl sites for hydroxylation is 1. The fourth-order valence-corrected chi connectivity index (χ4v) is 2.47. The highest BCUT2D eigenvalue weighted by atomic mass is 16.5. The largest absolute Gasteiger partial charge is 0.460 e. The van der Waals surface area contributed by atoms with Crippen molar-refractivity contribution in [1.29, 1.82) is 0 Å². The lowest BCUT2D eigenvalue weighted by Crippen LogP contribution is -2.26. The predicted octanol–water partition coefficient (Wildman–Crippen LogP) is 1.09. The molecule has 0 spiro atoms. The van der Waals surface area contributed by atoms with Crippen LogP contribution in [0.4, 0.5) is 11.4 Å². The first kappa shape index (κ1) is 12.5. The quantitative estimate of drug-likeness (QED) is 0.554. The number of nitrogens with two attached hydrogens (primary N) is 1. The molecule has 1 aliphatic heterocycles. The summed E-state index contributed by atoms with van der Waals surface area (Å²) in [4.78, 5) is 24.4. The number of hydrogen-bond donors (Lipinski definition) is 2. The number of esters is 1. The number of benzene rings is 1. The molecule has 6 heteroatoms. The topological polar surface area (TPSA) is 86.3 Å². The molecule has 1 atom stereocenters. The molecule has 2 heterocycles. The van der Waals surface area contributed by atoms with E-state index in [4.69, 9.17) is 10.5 Å². The zero-order valence-electron chi connectivity index (χ0n) is 11.3. The summed E-state index contributed by atoms with van der Waals surface area (Å²) in [7, 11) is 1.63. The van der Waals surface area contributed by atoms with Gasteiger partial charge >= 0.3 is 5.97 Å². The molecule has 0 aliphatic carbocycles. The van der Waals surface area contributed by atoms with Crippen molar-refractivity contribution in [2.45, 2.75) is 13.0 Å². The Morgan fingerprint density at radius 2 is 2.15 bits per heavy atom. The molecule has 2 aromatic rings. The van der Waals surface area contributed by atoms with Crippen molar-refractivity contribution in [2.75, 3.05) is 17.7 Å². The first-order valence-corrected chi connectivity index (χ1v) is 6.35. The molecule has 0 saturated heterocycles. The standard InChI is InChI=1S/C14H15N3O3/c1-7-6-20-14(19)11-12(16-7)9-5-8(15)3-4-10(9)17(2)13(11)18/h3-5,7,16H,6,15H2,1-2H3. The van der Waals surface area contributed by atoms with E-state index in [9.17, 15) is 9.59 Å². The molecule has 0 saturated carbocycles. The Morgan fingerprint density at radius 3 is 2.90 bits per heavy atom. The van der Waals surface area contributed by atoms with Crippen LogP contribution in [0.3, 0.4) is 0 Å². The third-order valence-corrected chi connectivity index (χ3v) is 3.48. The molecule has 6 nitrogen and oxygen atoms in total. The van der Waals surface area contributed by atoms with Crippen LogP contribution in [-0.4, -0.2) is 23.2 Å². The number of pyridine rings is 1. The molecule has 3 rings (SSSR count). The van der Waals surface area contributed by atoms with Gasteiger partial charge < -0.3 is 20.4 Å². The van der Waals surface area contributed by atoms with Gasteiger partial charge in [-0.2, -0.15) is 0 Å². The summed E-state index contributed by atoms with van der Waals surface area (Å²) in [5.74, 6) is -0.596. The van der Waals surface area contributed by atoms with E-state index < -0.39 is 5.97 Å². The molecule has 104 valence electrons. The Hall–Kier alpha value is -2.50. The molecule has 1 aliphatic rings. The van der Waals surface area contributed by atoms with Gasteiger partial charge in [-0.3, -0.25) is 4.79 Å². The number of nitrogens with one attached hydrogen (secondary N) is 1. The number of fused-ring (bicyclic) bond motifs is 3. The van der Waals surface area contributed by atoms with Crippen LogP contribution in [0.1, 0.15) is 17.3 Å². The molecule has 20 heavy (non-hydrogen) atoms. The lowest BCUT2D eigenvalue weighted by Gasteiger charge is -2.15. The van der Waals surface area contributed by atoms with Crippen LogP contribution in [0.15, 0.2) is 23.0 Å². The minimum atomic E-state index is -0.596. The Balaban J connectivity index is 2.48. The Labute approximate surface area is 115 Å². The number of nitrogen functional groups attached to an aromatic ring is 1. The smallest absolute Gasteiger partial charge is 0.346 e. The molecule has 0 radical (unpaired) electrons. The molecule has 1 aromatic carbocycles. The van der Waals surface area contributed by atoms with E-state index in [2.05, 4.69) is 5.32 Å². The monoisotopic (exact) mass is 273 g/mol. The highest BCUT2D eigenvalue weighted by molar-refractivity contribution is 6.06. The predicted molar refractivity (Wildman–Crippen MR) is 77.0 cm³/mol. The molecular weight excluding hydrogens is 258 g/mol. The molecule has 0 fully saturated rings. The van der Waals surface area contributed by atoms with Crippen molar-refractivity contribution in [3.63, 3.8) is 0 Å². The van der Waals surface area contributed by atoms with Crippen molar-refractivity contribution in [3.8, 4) is 0 Å². The van der Waals surface area contributed by atoms with E-state index >= 15 is 0 Å². The van der Waals surface area contributed by atoms with Crippen molar-refractivity contribution in [2.24, 2.45) is 7.05 Å². The third-order valence-electron chi connectivity index (χ3n) is 3.48. The van der Waals surface area contributed by atoms with E-state index in [1.54, 1.807) is 25.2 Å². The maximum absolute atomic E-state index is 12.4. The van der Waals surface area contributed by atoms with Crippen molar-refractivity contribution < 1.29 is 9.53 Å². The number of carbonyl (C=O) groups is 1. The molecular formula is C14H15N3O3. The first-order valence-electron chi connectivity index (χ1n) is 6.35. The van der Waals surface area contributed by atoms with Gasteiger partial charge in [0.2, 0.25) is 0 Å². The van der Waals surface area contributed by atoms with Gasteiger partial charge in [0.1, 0.15) is 12.2 Å². The second-order valence-corrected chi connectivity index (χ2v) is 5.03. The first-order chi connectivity index (χ1) is 9.49. The van der Waals surface area contributed by atoms with Gasteiger partial charge in [-0.15, -0.1) is 0 Å². The number of nitrogens with zero attached hydrogens (tertiary/aromatic N) is 1.